The van der Waals surface area contributed by atoms with Gasteiger partial charge < -0.3 is 20.2 Å². The summed E-state index contributed by atoms with van der Waals surface area (Å²) in [7, 11) is -0.0365. The first-order chi connectivity index (χ1) is 6.17. The second-order valence-electron chi connectivity index (χ2n) is 2.51. The molecule has 1 aromatic carbocycles. The van der Waals surface area contributed by atoms with Crippen LogP contribution in [0.1, 0.15) is 0 Å². The predicted molar refractivity (Wildman–Crippen MR) is 50.6 cm³/mol. The molecule has 0 fully saturated rings. The number of ether oxygens (including phenoxy) is 1. The molecule has 0 aliphatic carbocycles. The Morgan fingerprint density at radius 1 is 1.38 bits per heavy atom. The van der Waals surface area contributed by atoms with Gasteiger partial charge in [-0.15, -0.1) is 0 Å². The zero-order valence-electron chi connectivity index (χ0n) is 7.19. The average Bonchev–Trinajstić information content (AvgIpc) is 2.16. The van der Waals surface area contributed by atoms with Gasteiger partial charge >= 0.3 is 7.12 Å². The van der Waals surface area contributed by atoms with Crippen LogP contribution in [-0.4, -0.2) is 24.3 Å². The maximum Gasteiger partial charge on any atom is 0.488 e. The predicted octanol–water partition coefficient (Wildman–Crippen LogP) is -1.34. The van der Waals surface area contributed by atoms with E-state index in [-0.39, 0.29) is 0 Å². The standard InChI is InChI=1S/C7H11BN2O3/c1-13-7-3-5(8(11)12)2-6(4-7)10-9/h2-4,10-12H,9H2,1H3. The fourth-order valence-corrected chi connectivity index (χ4v) is 0.972. The third kappa shape index (κ3) is 2.35. The van der Waals surface area contributed by atoms with Gasteiger partial charge in [-0.3, -0.25) is 5.84 Å². The van der Waals surface area contributed by atoms with E-state index in [4.69, 9.17) is 20.6 Å². The van der Waals surface area contributed by atoms with Crippen LogP contribution in [0.5, 0.6) is 5.75 Å². The Kier molecular flexibility index (Phi) is 3.13. The number of rotatable bonds is 3. The number of anilines is 1. The molecular formula is C7H11BN2O3. The second kappa shape index (κ2) is 4.13. The minimum absolute atomic E-state index is 0.326. The molecule has 0 aliphatic heterocycles. The first kappa shape index (κ1) is 9.85. The lowest BCUT2D eigenvalue weighted by molar-refractivity contribution is 0.412. The third-order valence-electron chi connectivity index (χ3n) is 1.63. The molecule has 70 valence electrons. The van der Waals surface area contributed by atoms with Crippen molar-refractivity contribution >= 4 is 18.3 Å². The smallest absolute Gasteiger partial charge is 0.488 e. The summed E-state index contributed by atoms with van der Waals surface area (Å²) in [6.07, 6.45) is 0. The van der Waals surface area contributed by atoms with Gasteiger partial charge in [0.25, 0.3) is 0 Å². The lowest BCUT2D eigenvalue weighted by atomic mass is 9.80. The topological polar surface area (TPSA) is 87.7 Å². The summed E-state index contributed by atoms with van der Waals surface area (Å²) < 4.78 is 4.93. The van der Waals surface area contributed by atoms with Crippen molar-refractivity contribution in [3.8, 4) is 5.75 Å². The molecule has 13 heavy (non-hydrogen) atoms. The maximum absolute atomic E-state index is 8.90. The molecule has 6 heteroatoms. The zero-order chi connectivity index (χ0) is 9.84. The van der Waals surface area contributed by atoms with Gasteiger partial charge in [0.1, 0.15) is 5.75 Å². The van der Waals surface area contributed by atoms with E-state index in [2.05, 4.69) is 5.43 Å². The summed E-state index contributed by atoms with van der Waals surface area (Å²) in [4.78, 5) is 0. The molecule has 0 heterocycles. The molecule has 0 bridgehead atoms. The highest BCUT2D eigenvalue weighted by Crippen LogP contribution is 2.14. The molecule has 0 aliphatic rings. The van der Waals surface area contributed by atoms with Gasteiger partial charge in [-0.2, -0.15) is 0 Å². The van der Waals surface area contributed by atoms with E-state index in [1.807, 2.05) is 0 Å². The molecular weight excluding hydrogens is 171 g/mol. The van der Waals surface area contributed by atoms with Crippen LogP contribution in [0.4, 0.5) is 5.69 Å². The molecule has 0 aromatic heterocycles. The average molecular weight is 182 g/mol. The van der Waals surface area contributed by atoms with E-state index >= 15 is 0 Å². The van der Waals surface area contributed by atoms with Crippen LogP contribution in [0.3, 0.4) is 0 Å². The lowest BCUT2D eigenvalue weighted by Crippen LogP contribution is -2.30. The normalized spacial score (nSPS) is 9.54. The maximum atomic E-state index is 8.90. The molecule has 5 N–H and O–H groups in total. The number of hydrazine groups is 1. The van der Waals surface area contributed by atoms with E-state index < -0.39 is 7.12 Å². The number of hydrogen-bond donors (Lipinski definition) is 4. The Hall–Kier alpha value is -1.24. The summed E-state index contributed by atoms with van der Waals surface area (Å²) in [6, 6.07) is 4.69. The van der Waals surface area contributed by atoms with Gasteiger partial charge in [0.05, 0.1) is 12.8 Å². The molecule has 1 aromatic rings. The van der Waals surface area contributed by atoms with Gasteiger partial charge in [0, 0.05) is 6.07 Å². The van der Waals surface area contributed by atoms with Gasteiger partial charge in [-0.1, -0.05) is 0 Å². The van der Waals surface area contributed by atoms with Crippen LogP contribution in [0.15, 0.2) is 18.2 Å². The Bertz CT molecular complexity index is 271. The van der Waals surface area contributed by atoms with Crippen molar-refractivity contribution in [3.63, 3.8) is 0 Å². The van der Waals surface area contributed by atoms with Gasteiger partial charge in [0.2, 0.25) is 0 Å². The van der Waals surface area contributed by atoms with Crippen LogP contribution in [-0.2, 0) is 0 Å². The summed E-state index contributed by atoms with van der Waals surface area (Å²) in [5, 5.41) is 17.8. The minimum atomic E-state index is -1.53. The van der Waals surface area contributed by atoms with Crippen molar-refractivity contribution in [2.75, 3.05) is 12.5 Å². The first-order valence-corrected chi connectivity index (χ1v) is 3.69. The monoisotopic (exact) mass is 182 g/mol. The highest BCUT2D eigenvalue weighted by atomic mass is 16.5. The number of hydrogen-bond acceptors (Lipinski definition) is 5. The fourth-order valence-electron chi connectivity index (χ4n) is 0.972. The highest BCUT2D eigenvalue weighted by molar-refractivity contribution is 6.58. The Labute approximate surface area is 76.3 Å². The van der Waals surface area contributed by atoms with E-state index in [9.17, 15) is 0 Å². The molecule has 0 radical (unpaired) electrons. The Morgan fingerprint density at radius 3 is 2.54 bits per heavy atom. The van der Waals surface area contributed by atoms with Crippen molar-refractivity contribution in [1.82, 2.24) is 0 Å². The Morgan fingerprint density at radius 2 is 2.08 bits per heavy atom. The van der Waals surface area contributed by atoms with Crippen molar-refractivity contribution < 1.29 is 14.8 Å². The number of nitrogen functional groups attached to an aromatic ring is 1. The third-order valence-corrected chi connectivity index (χ3v) is 1.63. The SMILES string of the molecule is COc1cc(NN)cc(B(O)O)c1. The van der Waals surface area contributed by atoms with Crippen LogP contribution >= 0.6 is 0 Å². The molecule has 0 saturated heterocycles. The Balaban J connectivity index is 3.07. The van der Waals surface area contributed by atoms with Crippen LogP contribution < -0.4 is 21.5 Å². The highest BCUT2D eigenvalue weighted by Gasteiger charge is 2.12. The van der Waals surface area contributed by atoms with Crippen molar-refractivity contribution in [2.45, 2.75) is 0 Å². The van der Waals surface area contributed by atoms with E-state index in [0.717, 1.165) is 0 Å². The first-order valence-electron chi connectivity index (χ1n) is 3.69. The molecule has 0 atom stereocenters. The lowest BCUT2D eigenvalue weighted by Gasteiger charge is -2.07. The van der Waals surface area contributed by atoms with E-state index in [1.165, 1.54) is 19.2 Å². The summed E-state index contributed by atoms with van der Waals surface area (Å²) in [5.74, 6) is 5.69. The minimum Gasteiger partial charge on any atom is -0.497 e. The van der Waals surface area contributed by atoms with Crippen molar-refractivity contribution in [1.29, 1.82) is 0 Å². The molecule has 0 amide bonds. The van der Waals surface area contributed by atoms with Gasteiger partial charge in [0.15, 0.2) is 0 Å². The van der Waals surface area contributed by atoms with E-state index in [0.29, 0.717) is 16.9 Å². The van der Waals surface area contributed by atoms with Crippen LogP contribution in [0, 0.1) is 0 Å². The number of nitrogens with two attached hydrogens (primary N) is 1. The van der Waals surface area contributed by atoms with Crippen LogP contribution in [0.25, 0.3) is 0 Å². The molecule has 5 nitrogen and oxygen atoms in total. The van der Waals surface area contributed by atoms with E-state index in [1.54, 1.807) is 6.07 Å². The number of benzene rings is 1. The quantitative estimate of drug-likeness (QED) is 0.264. The molecule has 1 rings (SSSR count). The fraction of sp³-hybridized carbons (Fsp3) is 0.143. The summed E-state index contributed by atoms with van der Waals surface area (Å²) in [6.45, 7) is 0. The molecule has 0 spiro atoms. The molecule has 0 saturated carbocycles. The number of methoxy groups -OCH3 is 1. The van der Waals surface area contributed by atoms with Crippen LogP contribution in [0.2, 0.25) is 0 Å². The molecule has 0 unspecified atom stereocenters. The van der Waals surface area contributed by atoms with Gasteiger partial charge in [-0.25, -0.2) is 0 Å². The largest absolute Gasteiger partial charge is 0.497 e. The summed E-state index contributed by atoms with van der Waals surface area (Å²) in [5.41, 5.74) is 3.28. The second-order valence-corrected chi connectivity index (χ2v) is 2.51. The zero-order valence-corrected chi connectivity index (χ0v) is 7.19. The van der Waals surface area contributed by atoms with Crippen molar-refractivity contribution in [2.24, 2.45) is 5.84 Å². The summed E-state index contributed by atoms with van der Waals surface area (Å²) >= 11 is 0. The van der Waals surface area contributed by atoms with Gasteiger partial charge in [-0.05, 0) is 17.6 Å². The van der Waals surface area contributed by atoms with Crippen molar-refractivity contribution in [3.05, 3.63) is 18.2 Å². The number of nitrogens with one attached hydrogen (secondary N) is 1.